The second kappa shape index (κ2) is 7.72. The van der Waals surface area contributed by atoms with Crippen LogP contribution < -0.4 is 10.3 Å². The predicted octanol–water partition coefficient (Wildman–Crippen LogP) is 4.20. The van der Waals surface area contributed by atoms with E-state index in [9.17, 15) is 4.79 Å². The molecule has 2 aromatic carbocycles. The van der Waals surface area contributed by atoms with Gasteiger partial charge in [-0.1, -0.05) is 65.7 Å². The lowest BCUT2D eigenvalue weighted by molar-refractivity contribution is 0.414. The van der Waals surface area contributed by atoms with Crippen LogP contribution in [0, 0.1) is 0 Å². The summed E-state index contributed by atoms with van der Waals surface area (Å²) in [4.78, 5) is 16.5. The molecule has 6 heteroatoms. The van der Waals surface area contributed by atoms with E-state index in [1.165, 1.54) is 0 Å². The van der Waals surface area contributed by atoms with Gasteiger partial charge in [0.15, 0.2) is 10.3 Å². The summed E-state index contributed by atoms with van der Waals surface area (Å²) in [6.45, 7) is 0.354. The van der Waals surface area contributed by atoms with Crippen LogP contribution in [0.5, 0.6) is 5.75 Å². The topological polar surface area (TPSA) is 44.1 Å². The van der Waals surface area contributed by atoms with Crippen molar-refractivity contribution in [2.75, 3.05) is 7.11 Å². The molecule has 128 valence electrons. The van der Waals surface area contributed by atoms with Crippen molar-refractivity contribution in [3.8, 4) is 5.75 Å². The number of ether oxygens (including phenoxy) is 1. The maximum absolute atomic E-state index is 12.5. The summed E-state index contributed by atoms with van der Waals surface area (Å²) in [5.74, 6) is 0.756. The lowest BCUT2D eigenvalue weighted by Crippen LogP contribution is -2.26. The third-order valence-corrected chi connectivity index (χ3v) is 4.44. The Labute approximate surface area is 155 Å². The summed E-state index contributed by atoms with van der Waals surface area (Å²) in [5, 5.41) is 0.109. The molecule has 0 fully saturated rings. The summed E-state index contributed by atoms with van der Waals surface area (Å²) in [5.41, 5.74) is 2.26. The van der Waals surface area contributed by atoms with Crippen molar-refractivity contribution >= 4 is 23.2 Å². The molecule has 25 heavy (non-hydrogen) atoms. The number of aromatic nitrogens is 2. The molecule has 3 aromatic rings. The lowest BCUT2D eigenvalue weighted by Gasteiger charge is -2.15. The summed E-state index contributed by atoms with van der Waals surface area (Å²) < 4.78 is 6.74. The molecule has 0 radical (unpaired) electrons. The molecule has 0 saturated heterocycles. The standard InChI is InChI=1S/C19H16Cl2N2O2/c1-25-15-9-7-14(8-10-15)12-23-16(11-13-5-3-2-4-6-13)17(20)22-18(21)19(23)24/h2-10H,11-12H2,1H3. The van der Waals surface area contributed by atoms with Gasteiger partial charge in [0.2, 0.25) is 0 Å². The van der Waals surface area contributed by atoms with Crippen LogP contribution in [0.4, 0.5) is 0 Å². The predicted molar refractivity (Wildman–Crippen MR) is 99.9 cm³/mol. The zero-order valence-corrected chi connectivity index (χ0v) is 15.1. The van der Waals surface area contributed by atoms with E-state index in [2.05, 4.69) is 4.98 Å². The van der Waals surface area contributed by atoms with Crippen molar-refractivity contribution in [2.45, 2.75) is 13.0 Å². The number of halogens is 2. The summed E-state index contributed by atoms with van der Waals surface area (Å²) in [6.07, 6.45) is 0.495. The monoisotopic (exact) mass is 374 g/mol. The quantitative estimate of drug-likeness (QED) is 0.672. The molecule has 0 saturated carbocycles. The van der Waals surface area contributed by atoms with Gasteiger partial charge >= 0.3 is 0 Å². The van der Waals surface area contributed by atoms with E-state index < -0.39 is 0 Å². The van der Waals surface area contributed by atoms with Crippen molar-refractivity contribution in [2.24, 2.45) is 0 Å². The maximum Gasteiger partial charge on any atom is 0.288 e. The van der Waals surface area contributed by atoms with Gasteiger partial charge < -0.3 is 9.30 Å². The Bertz CT molecular complexity index is 923. The van der Waals surface area contributed by atoms with E-state index in [4.69, 9.17) is 27.9 Å². The van der Waals surface area contributed by atoms with Crippen molar-refractivity contribution in [1.82, 2.24) is 9.55 Å². The van der Waals surface area contributed by atoms with E-state index in [0.717, 1.165) is 16.9 Å². The van der Waals surface area contributed by atoms with Gasteiger partial charge in [-0.05, 0) is 23.3 Å². The number of methoxy groups -OCH3 is 1. The fourth-order valence-corrected chi connectivity index (χ4v) is 3.07. The van der Waals surface area contributed by atoms with Gasteiger partial charge in [0.25, 0.3) is 5.56 Å². The molecular formula is C19H16Cl2N2O2. The van der Waals surface area contributed by atoms with Crippen molar-refractivity contribution in [3.05, 3.63) is 92.1 Å². The zero-order valence-electron chi connectivity index (χ0n) is 13.6. The minimum absolute atomic E-state index is 0.129. The van der Waals surface area contributed by atoms with Gasteiger partial charge in [0.05, 0.1) is 19.3 Å². The van der Waals surface area contributed by atoms with Crippen LogP contribution in [0.1, 0.15) is 16.8 Å². The maximum atomic E-state index is 12.5. The summed E-state index contributed by atoms with van der Waals surface area (Å²) >= 11 is 12.3. The van der Waals surface area contributed by atoms with Gasteiger partial charge in [0, 0.05) is 6.42 Å². The summed E-state index contributed by atoms with van der Waals surface area (Å²) in [7, 11) is 1.61. The van der Waals surface area contributed by atoms with Crippen LogP contribution in [0.2, 0.25) is 10.3 Å². The fourth-order valence-electron chi connectivity index (χ4n) is 2.58. The molecule has 0 unspecified atom stereocenters. The average molecular weight is 375 g/mol. The van der Waals surface area contributed by atoms with Crippen LogP contribution >= 0.6 is 23.2 Å². The summed E-state index contributed by atoms with van der Waals surface area (Å²) in [6, 6.07) is 17.3. The fraction of sp³-hybridized carbons (Fsp3) is 0.158. The highest BCUT2D eigenvalue weighted by atomic mass is 35.5. The second-order valence-electron chi connectivity index (χ2n) is 5.54. The van der Waals surface area contributed by atoms with Crippen LogP contribution in [0.25, 0.3) is 0 Å². The van der Waals surface area contributed by atoms with Crippen LogP contribution in [0.3, 0.4) is 0 Å². The number of hydrogen-bond donors (Lipinski definition) is 0. The third kappa shape index (κ3) is 4.03. The molecule has 0 N–H and O–H groups in total. The first-order valence-electron chi connectivity index (χ1n) is 7.70. The Balaban J connectivity index is 2.02. The van der Waals surface area contributed by atoms with Crippen LogP contribution in [-0.4, -0.2) is 16.7 Å². The highest BCUT2D eigenvalue weighted by Crippen LogP contribution is 2.20. The molecule has 4 nitrogen and oxygen atoms in total. The van der Waals surface area contributed by atoms with E-state index in [-0.39, 0.29) is 15.9 Å². The Morgan fingerprint density at radius 2 is 1.64 bits per heavy atom. The lowest BCUT2D eigenvalue weighted by atomic mass is 10.1. The van der Waals surface area contributed by atoms with Gasteiger partial charge in [-0.25, -0.2) is 4.98 Å². The molecule has 0 aliphatic carbocycles. The Hall–Kier alpha value is -2.30. The molecule has 0 aliphatic rings. The van der Waals surface area contributed by atoms with Crippen molar-refractivity contribution in [3.63, 3.8) is 0 Å². The Morgan fingerprint density at radius 1 is 0.960 bits per heavy atom. The number of rotatable bonds is 5. The largest absolute Gasteiger partial charge is 0.497 e. The molecule has 3 rings (SSSR count). The van der Waals surface area contributed by atoms with Gasteiger partial charge in [-0.2, -0.15) is 0 Å². The second-order valence-corrected chi connectivity index (χ2v) is 6.26. The molecule has 1 aromatic heterocycles. The smallest absolute Gasteiger partial charge is 0.288 e. The van der Waals surface area contributed by atoms with Gasteiger partial charge in [-0.15, -0.1) is 0 Å². The first kappa shape index (κ1) is 17.5. The van der Waals surface area contributed by atoms with Gasteiger partial charge in [0.1, 0.15) is 5.75 Å². The van der Waals surface area contributed by atoms with E-state index in [0.29, 0.717) is 18.7 Å². The van der Waals surface area contributed by atoms with Crippen molar-refractivity contribution in [1.29, 1.82) is 0 Å². The molecule has 0 amide bonds. The number of nitrogens with zero attached hydrogens (tertiary/aromatic N) is 2. The molecule has 0 aliphatic heterocycles. The first-order valence-corrected chi connectivity index (χ1v) is 8.45. The zero-order chi connectivity index (χ0) is 17.8. The van der Waals surface area contributed by atoms with E-state index >= 15 is 0 Å². The van der Waals surface area contributed by atoms with Crippen LogP contribution in [-0.2, 0) is 13.0 Å². The molecule has 0 spiro atoms. The number of hydrogen-bond acceptors (Lipinski definition) is 3. The highest BCUT2D eigenvalue weighted by Gasteiger charge is 2.15. The average Bonchev–Trinajstić information content (AvgIpc) is 2.64. The Morgan fingerprint density at radius 3 is 2.28 bits per heavy atom. The first-order chi connectivity index (χ1) is 12.1. The third-order valence-electron chi connectivity index (χ3n) is 3.90. The number of benzene rings is 2. The van der Waals surface area contributed by atoms with E-state index in [1.807, 2.05) is 54.6 Å². The molecular weight excluding hydrogens is 359 g/mol. The molecule has 1 heterocycles. The molecule has 0 atom stereocenters. The highest BCUT2D eigenvalue weighted by molar-refractivity contribution is 6.32. The normalized spacial score (nSPS) is 10.7. The SMILES string of the molecule is COc1ccc(Cn2c(Cc3ccccc3)c(Cl)nc(Cl)c2=O)cc1. The van der Waals surface area contributed by atoms with Gasteiger partial charge in [-0.3, -0.25) is 4.79 Å². The van der Waals surface area contributed by atoms with Crippen LogP contribution in [0.15, 0.2) is 59.4 Å². The van der Waals surface area contributed by atoms with E-state index in [1.54, 1.807) is 11.7 Å². The van der Waals surface area contributed by atoms with Crippen molar-refractivity contribution < 1.29 is 4.74 Å². The molecule has 0 bridgehead atoms. The minimum atomic E-state index is -0.354. The minimum Gasteiger partial charge on any atom is -0.497 e. The Kier molecular flexibility index (Phi) is 5.41.